The molecule has 1 aliphatic heterocycles. The van der Waals surface area contributed by atoms with Gasteiger partial charge < -0.3 is 16.0 Å². The number of piperazine rings is 1. The first-order chi connectivity index (χ1) is 6.54. The highest BCUT2D eigenvalue weighted by molar-refractivity contribution is 5.87. The molecule has 0 aromatic rings. The third-order valence-corrected chi connectivity index (χ3v) is 2.35. The van der Waals surface area contributed by atoms with Crippen LogP contribution in [0.5, 0.6) is 0 Å². The number of primary amides is 1. The number of hydrogen-bond donors (Lipinski definition) is 2. The van der Waals surface area contributed by atoms with Gasteiger partial charge in [-0.05, 0) is 0 Å². The second-order valence-electron chi connectivity index (χ2n) is 3.81. The zero-order chi connectivity index (χ0) is 10.7. The largest absolute Gasteiger partial charge is 0.368 e. The highest BCUT2D eigenvalue weighted by atomic mass is 16.2. The van der Waals surface area contributed by atoms with Crippen molar-refractivity contribution in [1.29, 1.82) is 0 Å². The van der Waals surface area contributed by atoms with Crippen molar-refractivity contribution in [1.82, 2.24) is 10.2 Å². The predicted molar refractivity (Wildman–Crippen MR) is 52.4 cm³/mol. The summed E-state index contributed by atoms with van der Waals surface area (Å²) < 4.78 is 0. The van der Waals surface area contributed by atoms with Crippen LogP contribution in [-0.2, 0) is 9.59 Å². The standard InChI is InChI=1S/C9H17N3O2/c1-6(2)9(14)12-4-3-11-5-7(12)8(10)13/h6-7,11H,3-5H2,1-2H3,(H2,10,13)/t7-/m0/s1. The lowest BCUT2D eigenvalue weighted by molar-refractivity contribution is -0.142. The Morgan fingerprint density at radius 3 is 2.64 bits per heavy atom. The van der Waals surface area contributed by atoms with Crippen LogP contribution in [0.25, 0.3) is 0 Å². The molecule has 0 aromatic heterocycles. The van der Waals surface area contributed by atoms with Crippen LogP contribution in [0.2, 0.25) is 0 Å². The molecule has 0 radical (unpaired) electrons. The molecule has 1 rings (SSSR count). The van der Waals surface area contributed by atoms with Crippen LogP contribution in [-0.4, -0.2) is 42.4 Å². The zero-order valence-electron chi connectivity index (χ0n) is 8.62. The minimum Gasteiger partial charge on any atom is -0.368 e. The second-order valence-corrected chi connectivity index (χ2v) is 3.81. The van der Waals surface area contributed by atoms with E-state index in [4.69, 9.17) is 5.73 Å². The van der Waals surface area contributed by atoms with Gasteiger partial charge in [0.1, 0.15) is 6.04 Å². The Morgan fingerprint density at radius 1 is 1.50 bits per heavy atom. The van der Waals surface area contributed by atoms with E-state index >= 15 is 0 Å². The lowest BCUT2D eigenvalue weighted by Gasteiger charge is -2.35. The van der Waals surface area contributed by atoms with Gasteiger partial charge in [-0.3, -0.25) is 9.59 Å². The van der Waals surface area contributed by atoms with Gasteiger partial charge in [0, 0.05) is 25.6 Å². The maximum atomic E-state index is 11.7. The molecule has 5 nitrogen and oxygen atoms in total. The highest BCUT2D eigenvalue weighted by Gasteiger charge is 2.31. The topological polar surface area (TPSA) is 75.4 Å². The Bertz CT molecular complexity index is 240. The van der Waals surface area contributed by atoms with Crippen LogP contribution in [0.3, 0.4) is 0 Å². The van der Waals surface area contributed by atoms with Gasteiger partial charge in [0.2, 0.25) is 11.8 Å². The summed E-state index contributed by atoms with van der Waals surface area (Å²) in [6.07, 6.45) is 0. The van der Waals surface area contributed by atoms with E-state index in [0.29, 0.717) is 13.1 Å². The SMILES string of the molecule is CC(C)C(=O)N1CCNC[C@H]1C(N)=O. The second kappa shape index (κ2) is 4.41. The van der Waals surface area contributed by atoms with Crippen LogP contribution in [0.15, 0.2) is 0 Å². The Kier molecular flexibility index (Phi) is 3.46. The van der Waals surface area contributed by atoms with Crippen LogP contribution in [0.1, 0.15) is 13.8 Å². The van der Waals surface area contributed by atoms with E-state index in [9.17, 15) is 9.59 Å². The lowest BCUT2D eigenvalue weighted by atomic mass is 10.1. The third-order valence-electron chi connectivity index (χ3n) is 2.35. The van der Waals surface area contributed by atoms with Gasteiger partial charge in [-0.1, -0.05) is 13.8 Å². The van der Waals surface area contributed by atoms with Crippen molar-refractivity contribution in [3.05, 3.63) is 0 Å². The van der Waals surface area contributed by atoms with Gasteiger partial charge in [-0.15, -0.1) is 0 Å². The summed E-state index contributed by atoms with van der Waals surface area (Å²) in [5.74, 6) is -0.531. The molecule has 5 heteroatoms. The maximum absolute atomic E-state index is 11.7. The van der Waals surface area contributed by atoms with Crippen molar-refractivity contribution in [2.45, 2.75) is 19.9 Å². The fourth-order valence-corrected chi connectivity index (χ4v) is 1.55. The number of carbonyl (C=O) groups is 2. The minimum atomic E-state index is -0.487. The number of rotatable bonds is 2. The van der Waals surface area contributed by atoms with E-state index in [1.165, 1.54) is 0 Å². The Labute approximate surface area is 83.6 Å². The summed E-state index contributed by atoms with van der Waals surface area (Å²) in [6, 6.07) is -0.487. The predicted octanol–water partition coefficient (Wildman–Crippen LogP) is -1.07. The monoisotopic (exact) mass is 199 g/mol. The van der Waals surface area contributed by atoms with E-state index in [1.807, 2.05) is 13.8 Å². The van der Waals surface area contributed by atoms with Crippen molar-refractivity contribution >= 4 is 11.8 Å². The number of carbonyl (C=O) groups excluding carboxylic acids is 2. The fourth-order valence-electron chi connectivity index (χ4n) is 1.55. The molecular formula is C9H17N3O2. The lowest BCUT2D eigenvalue weighted by Crippen LogP contribution is -2.59. The summed E-state index contributed by atoms with van der Waals surface area (Å²) in [5.41, 5.74) is 5.22. The van der Waals surface area contributed by atoms with Gasteiger partial charge in [0.05, 0.1) is 0 Å². The smallest absolute Gasteiger partial charge is 0.241 e. The summed E-state index contributed by atoms with van der Waals surface area (Å²) in [4.78, 5) is 24.4. The Hall–Kier alpha value is -1.10. The average Bonchev–Trinajstić information content (AvgIpc) is 2.16. The van der Waals surface area contributed by atoms with Gasteiger partial charge in [-0.2, -0.15) is 0 Å². The number of nitrogens with two attached hydrogens (primary N) is 1. The maximum Gasteiger partial charge on any atom is 0.241 e. The summed E-state index contributed by atoms with van der Waals surface area (Å²) >= 11 is 0. The molecule has 80 valence electrons. The van der Waals surface area contributed by atoms with E-state index in [0.717, 1.165) is 6.54 Å². The molecule has 2 amide bonds. The molecule has 0 bridgehead atoms. The molecule has 1 atom stereocenters. The molecule has 1 saturated heterocycles. The molecule has 0 aromatic carbocycles. The van der Waals surface area contributed by atoms with E-state index in [2.05, 4.69) is 5.32 Å². The average molecular weight is 199 g/mol. The van der Waals surface area contributed by atoms with Gasteiger partial charge in [0.15, 0.2) is 0 Å². The van der Waals surface area contributed by atoms with E-state index < -0.39 is 11.9 Å². The molecule has 14 heavy (non-hydrogen) atoms. The third kappa shape index (κ3) is 2.23. The van der Waals surface area contributed by atoms with Crippen molar-refractivity contribution in [3.8, 4) is 0 Å². The van der Waals surface area contributed by atoms with Crippen molar-refractivity contribution in [2.75, 3.05) is 19.6 Å². The minimum absolute atomic E-state index is 0.00435. The molecular weight excluding hydrogens is 182 g/mol. The first kappa shape index (κ1) is 11.0. The summed E-state index contributed by atoms with van der Waals surface area (Å²) in [7, 11) is 0. The Morgan fingerprint density at radius 2 is 2.14 bits per heavy atom. The zero-order valence-corrected chi connectivity index (χ0v) is 8.62. The van der Waals surface area contributed by atoms with Gasteiger partial charge in [-0.25, -0.2) is 0 Å². The normalized spacial score (nSPS) is 22.5. The van der Waals surface area contributed by atoms with Crippen LogP contribution < -0.4 is 11.1 Å². The van der Waals surface area contributed by atoms with Gasteiger partial charge >= 0.3 is 0 Å². The molecule has 3 N–H and O–H groups in total. The van der Waals surface area contributed by atoms with Crippen LogP contribution >= 0.6 is 0 Å². The van der Waals surface area contributed by atoms with Crippen LogP contribution in [0.4, 0.5) is 0 Å². The molecule has 0 saturated carbocycles. The quantitative estimate of drug-likeness (QED) is 0.594. The highest BCUT2D eigenvalue weighted by Crippen LogP contribution is 2.08. The molecule has 0 unspecified atom stereocenters. The summed E-state index contributed by atoms with van der Waals surface area (Å²) in [5, 5.41) is 3.05. The number of nitrogens with zero attached hydrogens (tertiary/aromatic N) is 1. The van der Waals surface area contributed by atoms with Crippen molar-refractivity contribution in [2.24, 2.45) is 11.7 Å². The molecule has 1 heterocycles. The van der Waals surface area contributed by atoms with E-state index in [-0.39, 0.29) is 11.8 Å². The first-order valence-electron chi connectivity index (χ1n) is 4.84. The Balaban J connectivity index is 2.72. The van der Waals surface area contributed by atoms with Gasteiger partial charge in [0.25, 0.3) is 0 Å². The van der Waals surface area contributed by atoms with E-state index in [1.54, 1.807) is 4.90 Å². The van der Waals surface area contributed by atoms with Crippen LogP contribution in [0, 0.1) is 5.92 Å². The summed E-state index contributed by atoms with van der Waals surface area (Å²) in [6.45, 7) is 5.39. The van der Waals surface area contributed by atoms with Crippen molar-refractivity contribution < 1.29 is 9.59 Å². The first-order valence-corrected chi connectivity index (χ1v) is 4.84. The molecule has 0 spiro atoms. The molecule has 0 aliphatic carbocycles. The number of amides is 2. The molecule has 1 fully saturated rings. The van der Waals surface area contributed by atoms with Crippen molar-refractivity contribution in [3.63, 3.8) is 0 Å². The number of nitrogens with one attached hydrogen (secondary N) is 1. The molecule has 1 aliphatic rings. The fraction of sp³-hybridized carbons (Fsp3) is 0.778. The number of hydrogen-bond acceptors (Lipinski definition) is 3.